The van der Waals surface area contributed by atoms with Crippen molar-refractivity contribution in [3.05, 3.63) is 29.8 Å². The Bertz CT molecular complexity index is 577. The second-order valence-corrected chi connectivity index (χ2v) is 9.85. The Morgan fingerprint density at radius 3 is 2.10 bits per heavy atom. The number of hydrogen-bond donors (Lipinski definition) is 0. The molecule has 0 bridgehead atoms. The molecular formula is C12H16F5NOS2. The number of nitrogens with zero attached hydrogens (tertiary/aromatic N) is 1. The van der Waals surface area contributed by atoms with E-state index in [2.05, 4.69) is 4.40 Å². The summed E-state index contributed by atoms with van der Waals surface area (Å²) in [6.07, 6.45) is 0. The van der Waals surface area contributed by atoms with E-state index >= 15 is 0 Å². The van der Waals surface area contributed by atoms with Crippen LogP contribution in [0.15, 0.2) is 33.6 Å². The Hall–Kier alpha value is -0.800. The summed E-state index contributed by atoms with van der Waals surface area (Å²) in [7, 11) is -9.73. The van der Waals surface area contributed by atoms with Crippen molar-refractivity contribution < 1.29 is 24.0 Å². The van der Waals surface area contributed by atoms with Gasteiger partial charge in [0.05, 0.1) is 5.71 Å². The van der Waals surface area contributed by atoms with E-state index in [0.717, 1.165) is 6.07 Å². The van der Waals surface area contributed by atoms with Crippen LogP contribution in [0.2, 0.25) is 0 Å². The highest BCUT2D eigenvalue weighted by Crippen LogP contribution is 3.02. The molecule has 0 amide bonds. The molecule has 0 saturated carbocycles. The molecule has 0 saturated heterocycles. The third-order valence-corrected chi connectivity index (χ3v) is 5.07. The molecule has 0 spiro atoms. The van der Waals surface area contributed by atoms with E-state index in [1.54, 1.807) is 20.8 Å². The van der Waals surface area contributed by atoms with E-state index in [-0.39, 0.29) is 11.3 Å². The Kier molecular flexibility index (Phi) is 3.99. The van der Waals surface area contributed by atoms with Gasteiger partial charge in [0.15, 0.2) is 0 Å². The predicted molar refractivity (Wildman–Crippen MR) is 77.9 cm³/mol. The summed E-state index contributed by atoms with van der Waals surface area (Å²) in [5, 5.41) is 0. The molecule has 0 heterocycles. The molecule has 0 aliphatic heterocycles. The minimum Gasteiger partial charge on any atom is -0.591 e. The monoisotopic (exact) mass is 349 g/mol. The lowest BCUT2D eigenvalue weighted by molar-refractivity contribution is 0.364. The summed E-state index contributed by atoms with van der Waals surface area (Å²) in [6.45, 7) is 6.26. The summed E-state index contributed by atoms with van der Waals surface area (Å²) in [4.78, 5) is -1.98. The van der Waals surface area contributed by atoms with Crippen LogP contribution in [0.25, 0.3) is 0 Å². The maximum absolute atomic E-state index is 12.7. The third kappa shape index (κ3) is 5.15. The lowest BCUT2D eigenvalue weighted by Crippen LogP contribution is -2.26. The first kappa shape index (κ1) is 18.2. The maximum atomic E-state index is 12.7. The van der Waals surface area contributed by atoms with Gasteiger partial charge >= 0.3 is 10.2 Å². The molecule has 9 heteroatoms. The third-order valence-electron chi connectivity index (χ3n) is 2.44. The highest BCUT2D eigenvalue weighted by Gasteiger charge is 2.65. The van der Waals surface area contributed by atoms with Crippen molar-refractivity contribution in [2.45, 2.75) is 37.3 Å². The topological polar surface area (TPSA) is 35.4 Å². The largest absolute Gasteiger partial charge is 0.591 e. The smallest absolute Gasteiger partial charge is 0.310 e. The zero-order chi connectivity index (χ0) is 16.8. The molecule has 21 heavy (non-hydrogen) atoms. The van der Waals surface area contributed by atoms with Crippen molar-refractivity contribution in [1.82, 2.24) is 0 Å². The molecule has 0 radical (unpaired) electrons. The standard InChI is InChI=1S/C12H16F5NOS2/c1-9(18-20(19)12(2,3)4)10-6-5-7-11(8-10)21(13,14,15,16)17/h5-8H,1-4H3/b18-9+/t20-/m0/s1. The highest BCUT2D eigenvalue weighted by atomic mass is 32.5. The average molecular weight is 349 g/mol. The Morgan fingerprint density at radius 2 is 1.67 bits per heavy atom. The molecule has 0 aliphatic carbocycles. The summed E-state index contributed by atoms with van der Waals surface area (Å²) >= 11 is -1.69. The van der Waals surface area contributed by atoms with Gasteiger partial charge in [-0.05, 0) is 39.8 Å². The molecule has 0 unspecified atom stereocenters. The van der Waals surface area contributed by atoms with Crippen LogP contribution in [-0.4, -0.2) is 15.0 Å². The number of halogens is 5. The first-order valence-electron chi connectivity index (χ1n) is 5.82. The van der Waals surface area contributed by atoms with Crippen LogP contribution < -0.4 is 0 Å². The van der Waals surface area contributed by atoms with E-state index in [4.69, 9.17) is 0 Å². The van der Waals surface area contributed by atoms with Crippen LogP contribution in [0.3, 0.4) is 0 Å². The summed E-state index contributed by atoms with van der Waals surface area (Å²) in [5.41, 5.74) is -0.134. The van der Waals surface area contributed by atoms with E-state index in [1.807, 2.05) is 0 Å². The second-order valence-electron chi connectivity index (χ2n) is 5.54. The lowest BCUT2D eigenvalue weighted by atomic mass is 10.1. The van der Waals surface area contributed by atoms with Gasteiger partial charge in [0.25, 0.3) is 0 Å². The van der Waals surface area contributed by atoms with Crippen molar-refractivity contribution in [3.63, 3.8) is 0 Å². The second kappa shape index (κ2) is 4.60. The van der Waals surface area contributed by atoms with Gasteiger partial charge in [0.1, 0.15) is 21.0 Å². The minimum atomic E-state index is -9.73. The van der Waals surface area contributed by atoms with Crippen LogP contribution in [0, 0.1) is 0 Å². The molecule has 0 N–H and O–H groups in total. The molecular weight excluding hydrogens is 333 g/mol. The van der Waals surface area contributed by atoms with Gasteiger partial charge in [-0.25, -0.2) is 0 Å². The Labute approximate surface area is 123 Å². The fourth-order valence-electron chi connectivity index (χ4n) is 1.28. The average Bonchev–Trinajstić information content (AvgIpc) is 2.24. The van der Waals surface area contributed by atoms with Gasteiger partial charge in [0, 0.05) is 5.56 Å². The molecule has 1 rings (SSSR count). The molecule has 1 aromatic carbocycles. The maximum Gasteiger partial charge on any atom is 0.310 e. The van der Waals surface area contributed by atoms with Gasteiger partial charge in [-0.1, -0.05) is 36.0 Å². The highest BCUT2D eigenvalue weighted by molar-refractivity contribution is 8.45. The van der Waals surface area contributed by atoms with Crippen LogP contribution in [-0.2, 0) is 11.4 Å². The normalized spacial score (nSPS) is 18.9. The first-order valence-corrected chi connectivity index (χ1v) is 8.88. The fourth-order valence-corrected chi connectivity index (χ4v) is 2.59. The quantitative estimate of drug-likeness (QED) is 0.396. The van der Waals surface area contributed by atoms with Crippen molar-refractivity contribution in [2.24, 2.45) is 4.40 Å². The zero-order valence-corrected chi connectivity index (χ0v) is 13.5. The summed E-state index contributed by atoms with van der Waals surface area (Å²) < 4.78 is 78.6. The van der Waals surface area contributed by atoms with Gasteiger partial charge in [0.2, 0.25) is 0 Å². The molecule has 2 nitrogen and oxygen atoms in total. The summed E-state index contributed by atoms with van der Waals surface area (Å²) in [6, 6.07) is 2.74. The van der Waals surface area contributed by atoms with Crippen molar-refractivity contribution in [2.75, 3.05) is 0 Å². The fraction of sp³-hybridized carbons (Fsp3) is 0.417. The number of benzene rings is 1. The van der Waals surface area contributed by atoms with E-state index in [0.29, 0.717) is 12.1 Å². The lowest BCUT2D eigenvalue weighted by Gasteiger charge is -2.40. The van der Waals surface area contributed by atoms with Gasteiger partial charge in [-0.3, -0.25) is 0 Å². The minimum absolute atomic E-state index is 0.00644. The Balaban J connectivity index is 3.28. The Morgan fingerprint density at radius 1 is 1.14 bits per heavy atom. The SMILES string of the molecule is C/C(=N\[S@@+]([O-])C(C)(C)C)c1cccc(S(F)(F)(F)(F)F)c1. The molecule has 122 valence electrons. The van der Waals surface area contributed by atoms with Crippen molar-refractivity contribution >= 4 is 27.3 Å². The van der Waals surface area contributed by atoms with Gasteiger partial charge in [-0.15, -0.1) is 0 Å². The van der Waals surface area contributed by atoms with Crippen molar-refractivity contribution in [3.8, 4) is 0 Å². The van der Waals surface area contributed by atoms with E-state index < -0.39 is 31.2 Å². The number of hydrogen-bond acceptors (Lipinski definition) is 2. The molecule has 1 atom stereocenters. The zero-order valence-electron chi connectivity index (χ0n) is 11.9. The van der Waals surface area contributed by atoms with E-state index in [1.165, 1.54) is 13.0 Å². The van der Waals surface area contributed by atoms with Gasteiger partial charge in [-0.2, -0.15) is 0 Å². The van der Waals surface area contributed by atoms with Crippen LogP contribution >= 0.6 is 10.2 Å². The van der Waals surface area contributed by atoms with Crippen LogP contribution in [0.1, 0.15) is 33.3 Å². The van der Waals surface area contributed by atoms with Crippen molar-refractivity contribution in [1.29, 1.82) is 0 Å². The molecule has 0 aromatic heterocycles. The van der Waals surface area contributed by atoms with Crippen LogP contribution in [0.4, 0.5) is 19.4 Å². The van der Waals surface area contributed by atoms with Crippen LogP contribution in [0.5, 0.6) is 0 Å². The molecule has 0 fully saturated rings. The predicted octanol–water partition coefficient (Wildman–Crippen LogP) is 5.62. The number of rotatable bonds is 3. The summed E-state index contributed by atoms with van der Waals surface area (Å²) in [5.74, 6) is 0. The van der Waals surface area contributed by atoms with Gasteiger partial charge < -0.3 is 4.55 Å². The van der Waals surface area contributed by atoms with E-state index in [9.17, 15) is 24.0 Å². The molecule has 1 aromatic rings. The molecule has 0 aliphatic rings. The first-order chi connectivity index (χ1) is 9.00.